The van der Waals surface area contributed by atoms with Crippen LogP contribution in [0.1, 0.15) is 24.2 Å². The molecule has 25 heavy (non-hydrogen) atoms. The highest BCUT2D eigenvalue weighted by Crippen LogP contribution is 2.22. The van der Waals surface area contributed by atoms with Crippen molar-refractivity contribution in [3.8, 4) is 0 Å². The molecule has 1 amide bonds. The van der Waals surface area contributed by atoms with Gasteiger partial charge in [-0.3, -0.25) is 4.79 Å². The van der Waals surface area contributed by atoms with Gasteiger partial charge in [-0.15, -0.1) is 0 Å². The zero-order valence-electron chi connectivity index (χ0n) is 15.2. The zero-order valence-corrected chi connectivity index (χ0v) is 15.2. The van der Waals surface area contributed by atoms with E-state index in [2.05, 4.69) is 47.9 Å². The van der Waals surface area contributed by atoms with Gasteiger partial charge in [-0.1, -0.05) is 18.2 Å². The summed E-state index contributed by atoms with van der Waals surface area (Å²) < 4.78 is 0. The van der Waals surface area contributed by atoms with Gasteiger partial charge < -0.3 is 14.7 Å². The van der Waals surface area contributed by atoms with Crippen molar-refractivity contribution in [3.63, 3.8) is 0 Å². The highest BCUT2D eigenvalue weighted by atomic mass is 16.2. The van der Waals surface area contributed by atoms with Crippen molar-refractivity contribution in [2.45, 2.75) is 13.8 Å². The predicted octanol–water partition coefficient (Wildman–Crippen LogP) is 3.50. The third-order valence-corrected chi connectivity index (χ3v) is 4.93. The lowest BCUT2D eigenvalue weighted by Gasteiger charge is -2.36. The number of piperazine rings is 1. The van der Waals surface area contributed by atoms with Crippen LogP contribution >= 0.6 is 0 Å². The van der Waals surface area contributed by atoms with E-state index in [9.17, 15) is 4.79 Å². The SMILES string of the molecule is CCN(CC)c1ccc(N2CCN(C(=O)c3ccccc3)CC2)cc1. The smallest absolute Gasteiger partial charge is 0.253 e. The van der Waals surface area contributed by atoms with Crippen molar-refractivity contribution < 1.29 is 4.79 Å². The number of anilines is 2. The van der Waals surface area contributed by atoms with E-state index in [0.717, 1.165) is 44.8 Å². The van der Waals surface area contributed by atoms with E-state index in [4.69, 9.17) is 0 Å². The molecule has 1 fully saturated rings. The molecule has 0 N–H and O–H groups in total. The lowest BCUT2D eigenvalue weighted by atomic mass is 10.1. The quantitative estimate of drug-likeness (QED) is 0.835. The first-order valence-corrected chi connectivity index (χ1v) is 9.17. The minimum atomic E-state index is 0.136. The largest absolute Gasteiger partial charge is 0.372 e. The first-order chi connectivity index (χ1) is 12.2. The van der Waals surface area contributed by atoms with Crippen molar-refractivity contribution in [1.29, 1.82) is 0 Å². The standard InChI is InChI=1S/C21H27N3O/c1-3-22(4-2)19-10-12-20(13-11-19)23-14-16-24(17-15-23)21(25)18-8-6-5-7-9-18/h5-13H,3-4,14-17H2,1-2H3. The molecule has 0 bridgehead atoms. The Balaban J connectivity index is 1.60. The molecule has 3 rings (SSSR count). The average Bonchev–Trinajstić information content (AvgIpc) is 2.70. The van der Waals surface area contributed by atoms with Crippen LogP contribution in [-0.4, -0.2) is 50.1 Å². The van der Waals surface area contributed by atoms with E-state index in [1.54, 1.807) is 0 Å². The fourth-order valence-electron chi connectivity index (χ4n) is 3.39. The summed E-state index contributed by atoms with van der Waals surface area (Å²) in [5.41, 5.74) is 3.29. The average molecular weight is 337 g/mol. The van der Waals surface area contributed by atoms with Crippen molar-refractivity contribution in [2.24, 2.45) is 0 Å². The van der Waals surface area contributed by atoms with Crippen LogP contribution in [0.15, 0.2) is 54.6 Å². The number of hydrogen-bond acceptors (Lipinski definition) is 3. The molecule has 0 radical (unpaired) electrons. The molecule has 132 valence electrons. The molecule has 0 spiro atoms. The van der Waals surface area contributed by atoms with E-state index >= 15 is 0 Å². The maximum absolute atomic E-state index is 12.5. The van der Waals surface area contributed by atoms with Crippen LogP contribution in [0.3, 0.4) is 0 Å². The fourth-order valence-corrected chi connectivity index (χ4v) is 3.39. The van der Waals surface area contributed by atoms with Gasteiger partial charge in [0.15, 0.2) is 0 Å². The molecule has 4 nitrogen and oxygen atoms in total. The minimum Gasteiger partial charge on any atom is -0.372 e. The Labute approximate surface area is 150 Å². The molecular weight excluding hydrogens is 310 g/mol. The second-order valence-electron chi connectivity index (χ2n) is 6.33. The van der Waals surface area contributed by atoms with Gasteiger partial charge in [0.1, 0.15) is 0 Å². The van der Waals surface area contributed by atoms with E-state index in [0.29, 0.717) is 0 Å². The van der Waals surface area contributed by atoms with Crippen LogP contribution in [0.25, 0.3) is 0 Å². The van der Waals surface area contributed by atoms with Crippen molar-refractivity contribution in [3.05, 3.63) is 60.2 Å². The van der Waals surface area contributed by atoms with Crippen LogP contribution < -0.4 is 9.80 Å². The Morgan fingerprint density at radius 2 is 1.48 bits per heavy atom. The van der Waals surface area contributed by atoms with E-state index in [1.807, 2.05) is 35.2 Å². The van der Waals surface area contributed by atoms with Gasteiger partial charge in [0.05, 0.1) is 0 Å². The highest BCUT2D eigenvalue weighted by Gasteiger charge is 2.22. The van der Waals surface area contributed by atoms with Gasteiger partial charge >= 0.3 is 0 Å². The maximum Gasteiger partial charge on any atom is 0.253 e. The van der Waals surface area contributed by atoms with Gasteiger partial charge in [0.2, 0.25) is 0 Å². The lowest BCUT2D eigenvalue weighted by molar-refractivity contribution is 0.0747. The number of amides is 1. The van der Waals surface area contributed by atoms with E-state index < -0.39 is 0 Å². The first-order valence-electron chi connectivity index (χ1n) is 9.17. The summed E-state index contributed by atoms with van der Waals surface area (Å²) >= 11 is 0. The van der Waals surface area contributed by atoms with Crippen LogP contribution in [0, 0.1) is 0 Å². The molecule has 2 aromatic carbocycles. The molecule has 1 heterocycles. The maximum atomic E-state index is 12.5. The summed E-state index contributed by atoms with van der Waals surface area (Å²) in [7, 11) is 0. The van der Waals surface area contributed by atoms with Gasteiger partial charge in [-0.05, 0) is 50.2 Å². The van der Waals surface area contributed by atoms with Crippen molar-refractivity contribution in [2.75, 3.05) is 49.1 Å². The van der Waals surface area contributed by atoms with Crippen molar-refractivity contribution in [1.82, 2.24) is 4.90 Å². The van der Waals surface area contributed by atoms with Gasteiger partial charge in [-0.25, -0.2) is 0 Å². The fraction of sp³-hybridized carbons (Fsp3) is 0.381. The number of carbonyl (C=O) groups excluding carboxylic acids is 1. The van der Waals surface area contributed by atoms with Crippen LogP contribution in [0.5, 0.6) is 0 Å². The first kappa shape index (κ1) is 17.3. The van der Waals surface area contributed by atoms with Crippen LogP contribution in [0.4, 0.5) is 11.4 Å². The Bertz CT molecular complexity index is 672. The summed E-state index contributed by atoms with van der Waals surface area (Å²) in [6, 6.07) is 18.3. The molecule has 0 aromatic heterocycles. The van der Waals surface area contributed by atoms with Crippen LogP contribution in [0.2, 0.25) is 0 Å². The molecule has 0 atom stereocenters. The molecule has 0 aliphatic carbocycles. The minimum absolute atomic E-state index is 0.136. The number of benzene rings is 2. The number of rotatable bonds is 5. The van der Waals surface area contributed by atoms with Crippen LogP contribution in [-0.2, 0) is 0 Å². The number of carbonyl (C=O) groups is 1. The molecule has 0 unspecified atom stereocenters. The molecule has 2 aromatic rings. The Morgan fingerprint density at radius 3 is 2.04 bits per heavy atom. The van der Waals surface area contributed by atoms with Gasteiger partial charge in [0.25, 0.3) is 5.91 Å². The lowest BCUT2D eigenvalue weighted by Crippen LogP contribution is -2.48. The molecule has 1 saturated heterocycles. The molecule has 1 aliphatic rings. The molecule has 4 heteroatoms. The second-order valence-corrected chi connectivity index (χ2v) is 6.33. The zero-order chi connectivity index (χ0) is 17.6. The highest BCUT2D eigenvalue weighted by molar-refractivity contribution is 5.94. The number of nitrogens with zero attached hydrogens (tertiary/aromatic N) is 3. The third kappa shape index (κ3) is 3.95. The van der Waals surface area contributed by atoms with E-state index in [-0.39, 0.29) is 5.91 Å². The van der Waals surface area contributed by atoms with E-state index in [1.165, 1.54) is 11.4 Å². The molecule has 0 saturated carbocycles. The van der Waals surface area contributed by atoms with Crippen molar-refractivity contribution >= 4 is 17.3 Å². The topological polar surface area (TPSA) is 26.8 Å². The second kappa shape index (κ2) is 8.06. The Morgan fingerprint density at radius 1 is 0.880 bits per heavy atom. The summed E-state index contributed by atoms with van der Waals surface area (Å²) in [6.07, 6.45) is 0. The molecule has 1 aliphatic heterocycles. The summed E-state index contributed by atoms with van der Waals surface area (Å²) in [6.45, 7) is 9.70. The van der Waals surface area contributed by atoms with Gasteiger partial charge in [-0.2, -0.15) is 0 Å². The molecular formula is C21H27N3O. The summed E-state index contributed by atoms with van der Waals surface area (Å²) in [5, 5.41) is 0. The third-order valence-electron chi connectivity index (χ3n) is 4.93. The summed E-state index contributed by atoms with van der Waals surface area (Å²) in [5.74, 6) is 0.136. The Hall–Kier alpha value is -2.49. The number of hydrogen-bond donors (Lipinski definition) is 0. The monoisotopic (exact) mass is 337 g/mol. The summed E-state index contributed by atoms with van der Waals surface area (Å²) in [4.78, 5) is 19.2. The normalized spacial score (nSPS) is 14.5. The Kier molecular flexibility index (Phi) is 5.59. The predicted molar refractivity (Wildman–Crippen MR) is 105 cm³/mol. The van der Waals surface area contributed by atoms with Gasteiger partial charge in [0, 0.05) is 56.2 Å².